The molecule has 0 amide bonds. The summed E-state index contributed by atoms with van der Waals surface area (Å²) in [7, 11) is 0. The number of aromatic nitrogens is 2. The second kappa shape index (κ2) is 17.1. The first-order valence-electron chi connectivity index (χ1n) is 27.5. The van der Waals surface area contributed by atoms with E-state index in [2.05, 4.69) is 288 Å². The fourth-order valence-corrected chi connectivity index (χ4v) is 14.1. The van der Waals surface area contributed by atoms with Crippen molar-refractivity contribution in [1.29, 1.82) is 0 Å². The Balaban J connectivity index is 0.817. The molecule has 0 bridgehead atoms. The molecule has 13 aromatic carbocycles. The van der Waals surface area contributed by atoms with Crippen molar-refractivity contribution in [3.8, 4) is 50.5 Å². The molecular formula is C76H48N2O. The Hall–Kier alpha value is -10.2. The molecule has 1 aliphatic heterocycles. The van der Waals surface area contributed by atoms with Crippen molar-refractivity contribution in [2.45, 2.75) is 12.0 Å². The number of benzene rings is 13. The third kappa shape index (κ3) is 6.36. The molecule has 0 radical (unpaired) electrons. The lowest BCUT2D eigenvalue weighted by atomic mass is 9.79. The predicted molar refractivity (Wildman–Crippen MR) is 332 cm³/mol. The van der Waals surface area contributed by atoms with Crippen LogP contribution >= 0.6 is 0 Å². The summed E-state index contributed by atoms with van der Waals surface area (Å²) in [6, 6.07) is 96.1. The normalized spacial score (nSPS) is 15.0. The van der Waals surface area contributed by atoms with Gasteiger partial charge in [-0.3, -0.25) is 0 Å². The average Bonchev–Trinajstić information content (AvgIpc) is 4.37. The third-order valence-electron chi connectivity index (χ3n) is 17.3. The van der Waals surface area contributed by atoms with Crippen LogP contribution in [0.4, 0.5) is 0 Å². The van der Waals surface area contributed by atoms with Gasteiger partial charge in [0, 0.05) is 50.0 Å². The summed E-state index contributed by atoms with van der Waals surface area (Å²) in [5, 5.41) is 14.8. The summed E-state index contributed by atoms with van der Waals surface area (Å²) in [6.07, 6.45) is 6.73. The molecule has 15 aromatic rings. The van der Waals surface area contributed by atoms with Gasteiger partial charge in [0.05, 0.1) is 22.1 Å². The van der Waals surface area contributed by atoms with Gasteiger partial charge in [0.2, 0.25) is 0 Å². The van der Waals surface area contributed by atoms with Crippen LogP contribution in [0.5, 0.6) is 5.75 Å². The van der Waals surface area contributed by atoms with Gasteiger partial charge >= 0.3 is 0 Å². The van der Waals surface area contributed by atoms with E-state index in [1.807, 2.05) is 0 Å². The Bertz CT molecular complexity index is 5000. The molecule has 0 spiro atoms. The molecule has 17 rings (SSSR count). The van der Waals surface area contributed by atoms with Crippen LogP contribution in [-0.2, 0) is 0 Å². The minimum Gasteiger partial charge on any atom is -0.484 e. The number of fused-ring (bicyclic) bond motifs is 13. The highest BCUT2D eigenvalue weighted by molar-refractivity contribution is 6.28. The molecule has 2 atom stereocenters. The first-order chi connectivity index (χ1) is 39.3. The lowest BCUT2D eigenvalue weighted by Gasteiger charge is -2.26. The number of allylic oxidation sites excluding steroid dienone is 2. The van der Waals surface area contributed by atoms with Gasteiger partial charge in [-0.15, -0.1) is 0 Å². The van der Waals surface area contributed by atoms with Crippen LogP contribution in [0.2, 0.25) is 0 Å². The molecule has 0 saturated heterocycles. The maximum atomic E-state index is 7.27. The number of hydrogen-bond donors (Lipinski definition) is 0. The Kier molecular flexibility index (Phi) is 9.54. The van der Waals surface area contributed by atoms with Crippen LogP contribution < -0.4 is 4.74 Å². The molecule has 79 heavy (non-hydrogen) atoms. The zero-order chi connectivity index (χ0) is 51.7. The third-order valence-corrected chi connectivity index (χ3v) is 17.3. The molecule has 2 aliphatic rings. The Labute approximate surface area is 456 Å². The maximum absolute atomic E-state index is 7.27. The highest BCUT2D eigenvalue weighted by Gasteiger charge is 2.39. The van der Waals surface area contributed by atoms with Gasteiger partial charge in [-0.25, -0.2) is 0 Å². The quantitative estimate of drug-likeness (QED) is 0.152. The monoisotopic (exact) mass is 1000 g/mol. The van der Waals surface area contributed by atoms with Gasteiger partial charge in [0.25, 0.3) is 0 Å². The van der Waals surface area contributed by atoms with E-state index in [0.717, 1.165) is 17.1 Å². The van der Waals surface area contributed by atoms with Crippen molar-refractivity contribution in [2.75, 3.05) is 0 Å². The van der Waals surface area contributed by atoms with Gasteiger partial charge < -0.3 is 13.9 Å². The van der Waals surface area contributed by atoms with Crippen molar-refractivity contribution in [2.24, 2.45) is 0 Å². The zero-order valence-electron chi connectivity index (χ0n) is 43.0. The first kappa shape index (κ1) is 44.0. The van der Waals surface area contributed by atoms with Crippen LogP contribution in [-0.4, -0.2) is 15.2 Å². The van der Waals surface area contributed by atoms with Gasteiger partial charge in [-0.1, -0.05) is 218 Å². The Morgan fingerprint density at radius 1 is 0.316 bits per heavy atom. The standard InChI is InChI=1S/C76H48N2O/c1-3-22-48(23-4-1)77-65-40-17-15-34-59(65)74-61(37-20-42-67(74)77)71-52-28-9-7-26-50(52)70(51-27-8-10-29-53(51)71)47-44-45-69-64(46-47)58-36-19-39-63(76(58)79-69)73-56-32-13-11-30-54(56)72(55-31-12-14-33-57(55)73)62-38-21-43-68-75(62)60-35-16-18-41-66(60)78(68)49-24-5-2-6-25-49/h1-46,58,76H. The highest BCUT2D eigenvalue weighted by Crippen LogP contribution is 2.54. The molecule has 0 saturated carbocycles. The number of rotatable bonds is 6. The maximum Gasteiger partial charge on any atom is 0.135 e. The smallest absolute Gasteiger partial charge is 0.135 e. The summed E-state index contributed by atoms with van der Waals surface area (Å²) < 4.78 is 12.1. The van der Waals surface area contributed by atoms with Gasteiger partial charge in [-0.05, 0) is 143 Å². The molecule has 2 unspecified atom stereocenters. The van der Waals surface area contributed by atoms with E-state index in [4.69, 9.17) is 4.74 Å². The van der Waals surface area contributed by atoms with Gasteiger partial charge in [-0.2, -0.15) is 0 Å². The van der Waals surface area contributed by atoms with E-state index in [-0.39, 0.29) is 12.0 Å². The van der Waals surface area contributed by atoms with Crippen LogP contribution in [0.15, 0.2) is 279 Å². The van der Waals surface area contributed by atoms with Crippen LogP contribution in [0, 0.1) is 0 Å². The van der Waals surface area contributed by atoms with Gasteiger partial charge in [0.1, 0.15) is 11.9 Å². The zero-order valence-corrected chi connectivity index (χ0v) is 43.0. The molecule has 0 N–H and O–H groups in total. The summed E-state index contributed by atoms with van der Waals surface area (Å²) in [5.74, 6) is 0.955. The number of hydrogen-bond acceptors (Lipinski definition) is 1. The molecule has 1 aliphatic carbocycles. The van der Waals surface area contributed by atoms with Crippen molar-refractivity contribution in [1.82, 2.24) is 9.13 Å². The minimum atomic E-state index is -0.213. The second-order valence-electron chi connectivity index (χ2n) is 21.3. The van der Waals surface area contributed by atoms with Crippen molar-refractivity contribution in [3.63, 3.8) is 0 Å². The number of nitrogens with zero attached hydrogens (tertiary/aromatic N) is 2. The topological polar surface area (TPSA) is 19.1 Å². The molecular weight excluding hydrogens is 957 g/mol. The SMILES string of the molecule is C1=CC2c3cc(-c4c5ccccc5c(-c5cccc6c5c5ccccc5n6-c5ccccc5)c5ccccc45)ccc3OC2C(c2c3ccccc3c(-c3cccc4c3c3ccccc3n4-c3ccccc3)c3ccccc23)=C1. The van der Waals surface area contributed by atoms with E-state index in [9.17, 15) is 0 Å². The van der Waals surface area contributed by atoms with E-state index in [0.29, 0.717) is 0 Å². The van der Waals surface area contributed by atoms with Crippen molar-refractivity contribution >= 4 is 92.3 Å². The fourth-order valence-electron chi connectivity index (χ4n) is 14.1. The molecule has 0 fully saturated rings. The average molecular weight is 1010 g/mol. The molecule has 368 valence electrons. The van der Waals surface area contributed by atoms with E-state index in [1.54, 1.807) is 0 Å². The molecule has 3 heterocycles. The molecule has 3 heteroatoms. The van der Waals surface area contributed by atoms with Crippen LogP contribution in [0.25, 0.3) is 137 Å². The summed E-state index contributed by atoms with van der Waals surface area (Å²) >= 11 is 0. The Morgan fingerprint density at radius 3 is 1.18 bits per heavy atom. The molecule has 2 aromatic heterocycles. The molecule has 3 nitrogen and oxygen atoms in total. The van der Waals surface area contributed by atoms with E-state index < -0.39 is 0 Å². The predicted octanol–water partition coefficient (Wildman–Crippen LogP) is 20.0. The number of ether oxygens (including phenoxy) is 1. The van der Waals surface area contributed by atoms with E-state index in [1.165, 1.54) is 137 Å². The fraction of sp³-hybridized carbons (Fsp3) is 0.0263. The van der Waals surface area contributed by atoms with Crippen LogP contribution in [0.1, 0.15) is 17.0 Å². The summed E-state index contributed by atoms with van der Waals surface area (Å²) in [5.41, 5.74) is 18.1. The van der Waals surface area contributed by atoms with Gasteiger partial charge in [0.15, 0.2) is 0 Å². The Morgan fingerprint density at radius 2 is 0.709 bits per heavy atom. The van der Waals surface area contributed by atoms with Crippen molar-refractivity contribution < 1.29 is 4.74 Å². The largest absolute Gasteiger partial charge is 0.484 e. The van der Waals surface area contributed by atoms with Crippen molar-refractivity contribution in [3.05, 3.63) is 290 Å². The minimum absolute atomic E-state index is 0.0151. The lowest BCUT2D eigenvalue weighted by Crippen LogP contribution is -2.21. The number of para-hydroxylation sites is 4. The van der Waals surface area contributed by atoms with E-state index >= 15 is 0 Å². The summed E-state index contributed by atoms with van der Waals surface area (Å²) in [6.45, 7) is 0. The second-order valence-corrected chi connectivity index (χ2v) is 21.3. The van der Waals surface area contributed by atoms with Crippen LogP contribution in [0.3, 0.4) is 0 Å². The lowest BCUT2D eigenvalue weighted by molar-refractivity contribution is 0.278. The highest BCUT2D eigenvalue weighted by atomic mass is 16.5. The first-order valence-corrected chi connectivity index (χ1v) is 27.5. The summed E-state index contributed by atoms with van der Waals surface area (Å²) in [4.78, 5) is 0.